The lowest BCUT2D eigenvalue weighted by molar-refractivity contribution is -0.383. The molecule has 0 amide bonds. The van der Waals surface area contributed by atoms with E-state index in [4.69, 9.17) is 4.74 Å². The van der Waals surface area contributed by atoms with Crippen molar-refractivity contribution < 1.29 is 9.66 Å². The maximum atomic E-state index is 11.1. The van der Waals surface area contributed by atoms with E-state index in [-0.39, 0.29) is 10.6 Å². The van der Waals surface area contributed by atoms with Crippen LogP contribution in [0.3, 0.4) is 0 Å². The molecule has 0 fully saturated rings. The van der Waals surface area contributed by atoms with Gasteiger partial charge in [0.15, 0.2) is 0 Å². The third-order valence-corrected chi connectivity index (χ3v) is 4.07. The number of fused-ring (bicyclic) bond motifs is 3. The molecule has 2 aromatic carbocycles. The van der Waals surface area contributed by atoms with Gasteiger partial charge in [0.25, 0.3) is 5.69 Å². The molecule has 0 atom stereocenters. The van der Waals surface area contributed by atoms with Crippen LogP contribution in [-0.4, -0.2) is 12.0 Å². The molecule has 18 heavy (non-hydrogen) atoms. The maximum Gasteiger partial charge on any atom is 0.278 e. The minimum Gasteiger partial charge on any atom is -0.495 e. The van der Waals surface area contributed by atoms with Gasteiger partial charge in [-0.1, -0.05) is 18.2 Å². The first-order valence-corrected chi connectivity index (χ1v) is 6.16. The molecule has 0 aliphatic carbocycles. The molecule has 3 aromatic rings. The number of non-ortho nitro benzene ring substituents is 1. The molecule has 0 aliphatic heterocycles. The van der Waals surface area contributed by atoms with Crippen LogP contribution in [0.2, 0.25) is 0 Å². The first-order valence-electron chi connectivity index (χ1n) is 5.35. The zero-order chi connectivity index (χ0) is 12.7. The van der Waals surface area contributed by atoms with Crippen molar-refractivity contribution in [3.8, 4) is 5.75 Å². The number of nitro groups is 1. The molecular weight excluding hydrogens is 250 g/mol. The summed E-state index contributed by atoms with van der Waals surface area (Å²) in [6.07, 6.45) is 0. The van der Waals surface area contributed by atoms with E-state index in [0.29, 0.717) is 11.1 Å². The summed E-state index contributed by atoms with van der Waals surface area (Å²) in [5, 5.41) is 12.7. The molecule has 0 spiro atoms. The van der Waals surface area contributed by atoms with E-state index in [9.17, 15) is 10.1 Å². The molecule has 0 unspecified atom stereocenters. The van der Waals surface area contributed by atoms with Crippen LogP contribution in [0.1, 0.15) is 0 Å². The highest BCUT2D eigenvalue weighted by molar-refractivity contribution is 7.26. The number of methoxy groups -OCH3 is 1. The van der Waals surface area contributed by atoms with Gasteiger partial charge in [-0.25, -0.2) is 0 Å². The largest absolute Gasteiger partial charge is 0.495 e. The Morgan fingerprint density at radius 1 is 1.22 bits per heavy atom. The average molecular weight is 259 g/mol. The first-order chi connectivity index (χ1) is 8.72. The zero-order valence-electron chi connectivity index (χ0n) is 9.54. The molecule has 0 aliphatic rings. The number of hydrogen-bond donors (Lipinski definition) is 0. The van der Waals surface area contributed by atoms with Crippen LogP contribution in [0.15, 0.2) is 36.4 Å². The van der Waals surface area contributed by atoms with Crippen molar-refractivity contribution >= 4 is 37.2 Å². The van der Waals surface area contributed by atoms with Crippen molar-refractivity contribution in [3.05, 3.63) is 46.5 Å². The summed E-state index contributed by atoms with van der Waals surface area (Å²) >= 11 is 1.51. The summed E-state index contributed by atoms with van der Waals surface area (Å²) in [5.74, 6) is 0.678. The molecule has 4 nitrogen and oxygen atoms in total. The Labute approximate surface area is 107 Å². The van der Waals surface area contributed by atoms with Gasteiger partial charge in [0, 0.05) is 16.2 Å². The maximum absolute atomic E-state index is 11.1. The predicted octanol–water partition coefficient (Wildman–Crippen LogP) is 3.97. The van der Waals surface area contributed by atoms with Gasteiger partial charge < -0.3 is 4.74 Å². The van der Waals surface area contributed by atoms with Crippen LogP contribution < -0.4 is 4.74 Å². The highest BCUT2D eigenvalue weighted by Crippen LogP contribution is 2.43. The van der Waals surface area contributed by atoms with Gasteiger partial charge in [0.05, 0.1) is 22.1 Å². The fourth-order valence-corrected chi connectivity index (χ4v) is 3.31. The summed E-state index contributed by atoms with van der Waals surface area (Å²) in [4.78, 5) is 10.8. The Bertz CT molecular complexity index is 763. The zero-order valence-corrected chi connectivity index (χ0v) is 10.4. The smallest absolute Gasteiger partial charge is 0.278 e. The number of hydrogen-bond acceptors (Lipinski definition) is 4. The van der Waals surface area contributed by atoms with Crippen LogP contribution >= 0.6 is 11.3 Å². The van der Waals surface area contributed by atoms with E-state index >= 15 is 0 Å². The van der Waals surface area contributed by atoms with E-state index in [1.807, 2.05) is 24.3 Å². The fourth-order valence-electron chi connectivity index (χ4n) is 2.10. The standard InChI is InChI=1S/C13H9NO3S/c1-17-10-7-6-9(14(15)16)12-8-4-2-3-5-11(8)18-13(10)12/h2-7H,1H3. The van der Waals surface area contributed by atoms with Crippen LogP contribution in [-0.2, 0) is 0 Å². The predicted molar refractivity (Wildman–Crippen MR) is 72.5 cm³/mol. The summed E-state index contributed by atoms with van der Waals surface area (Å²) < 4.78 is 7.13. The van der Waals surface area contributed by atoms with E-state index in [1.54, 1.807) is 13.2 Å². The van der Waals surface area contributed by atoms with E-state index in [1.165, 1.54) is 17.4 Å². The molecule has 1 heterocycles. The van der Waals surface area contributed by atoms with Crippen LogP contribution in [0.5, 0.6) is 5.75 Å². The third kappa shape index (κ3) is 1.44. The minimum absolute atomic E-state index is 0.128. The van der Waals surface area contributed by atoms with E-state index in [2.05, 4.69) is 0 Å². The molecule has 1 aromatic heterocycles. The summed E-state index contributed by atoms with van der Waals surface area (Å²) in [7, 11) is 1.57. The number of ether oxygens (including phenoxy) is 1. The van der Waals surface area contributed by atoms with Gasteiger partial charge >= 0.3 is 0 Å². The third-order valence-electron chi connectivity index (χ3n) is 2.88. The molecular formula is C13H9NO3S. The van der Waals surface area contributed by atoms with Crippen molar-refractivity contribution in [3.63, 3.8) is 0 Å². The molecule has 0 bridgehead atoms. The van der Waals surface area contributed by atoms with Crippen LogP contribution in [0.25, 0.3) is 20.2 Å². The number of nitrogens with zero attached hydrogens (tertiary/aromatic N) is 1. The summed E-state index contributed by atoms with van der Waals surface area (Å²) in [6.45, 7) is 0. The highest BCUT2D eigenvalue weighted by atomic mass is 32.1. The number of thiophene rings is 1. The molecule has 90 valence electrons. The Morgan fingerprint density at radius 2 is 2.00 bits per heavy atom. The van der Waals surface area contributed by atoms with Gasteiger partial charge in [-0.05, 0) is 12.1 Å². The highest BCUT2D eigenvalue weighted by Gasteiger charge is 2.19. The van der Waals surface area contributed by atoms with Crippen molar-refractivity contribution in [2.45, 2.75) is 0 Å². The van der Waals surface area contributed by atoms with Gasteiger partial charge in [0.1, 0.15) is 5.75 Å². The van der Waals surface area contributed by atoms with Crippen molar-refractivity contribution in [2.75, 3.05) is 7.11 Å². The van der Waals surface area contributed by atoms with Crippen molar-refractivity contribution in [1.82, 2.24) is 0 Å². The Morgan fingerprint density at radius 3 is 2.72 bits per heavy atom. The lowest BCUT2D eigenvalue weighted by Crippen LogP contribution is -1.90. The molecule has 0 saturated heterocycles. The Balaban J connectivity index is 2.56. The van der Waals surface area contributed by atoms with Gasteiger partial charge in [-0.3, -0.25) is 10.1 Å². The second-order valence-electron chi connectivity index (χ2n) is 3.85. The second-order valence-corrected chi connectivity index (χ2v) is 4.90. The lowest BCUT2D eigenvalue weighted by atomic mass is 10.1. The molecule has 0 N–H and O–H groups in total. The fraction of sp³-hybridized carbons (Fsp3) is 0.0769. The van der Waals surface area contributed by atoms with E-state index in [0.717, 1.165) is 14.8 Å². The van der Waals surface area contributed by atoms with Crippen LogP contribution in [0.4, 0.5) is 5.69 Å². The summed E-state index contributed by atoms with van der Waals surface area (Å²) in [6, 6.07) is 10.8. The van der Waals surface area contributed by atoms with E-state index < -0.39 is 0 Å². The Kier molecular flexibility index (Phi) is 2.41. The number of benzene rings is 2. The van der Waals surface area contributed by atoms with Crippen molar-refractivity contribution in [1.29, 1.82) is 0 Å². The quantitative estimate of drug-likeness (QED) is 0.517. The minimum atomic E-state index is -0.346. The van der Waals surface area contributed by atoms with Crippen molar-refractivity contribution in [2.24, 2.45) is 0 Å². The second kappa shape index (κ2) is 3.96. The average Bonchev–Trinajstić information content (AvgIpc) is 2.76. The normalized spacial score (nSPS) is 10.9. The number of rotatable bonds is 2. The summed E-state index contributed by atoms with van der Waals surface area (Å²) in [5.41, 5.74) is 0.128. The van der Waals surface area contributed by atoms with Gasteiger partial charge in [-0.15, -0.1) is 11.3 Å². The van der Waals surface area contributed by atoms with Crippen LogP contribution in [0, 0.1) is 10.1 Å². The SMILES string of the molecule is COc1ccc([N+](=O)[O-])c2c1sc1ccccc12. The molecule has 0 saturated carbocycles. The number of nitro benzene ring substituents is 1. The molecule has 5 heteroatoms. The lowest BCUT2D eigenvalue weighted by Gasteiger charge is -2.01. The Hall–Kier alpha value is -2.14. The molecule has 3 rings (SSSR count). The van der Waals surface area contributed by atoms with Gasteiger partial charge in [-0.2, -0.15) is 0 Å². The van der Waals surface area contributed by atoms with Gasteiger partial charge in [0.2, 0.25) is 0 Å². The first kappa shape index (κ1) is 11.0. The molecule has 0 radical (unpaired) electrons. The topological polar surface area (TPSA) is 52.4 Å². The monoisotopic (exact) mass is 259 g/mol.